The number of anilines is 2. The maximum atomic E-state index is 12.2. The lowest BCUT2D eigenvalue weighted by Gasteiger charge is -2.33. The predicted molar refractivity (Wildman–Crippen MR) is 73.2 cm³/mol. The molecule has 18 heavy (non-hydrogen) atoms. The van der Waals surface area contributed by atoms with E-state index in [1.807, 2.05) is 0 Å². The monoisotopic (exact) mass is 290 g/mol. The molecule has 102 valence electrons. The molecule has 0 radical (unpaired) electrons. The summed E-state index contributed by atoms with van der Waals surface area (Å²) in [6.45, 7) is 2.18. The minimum absolute atomic E-state index is 0.0728. The molecule has 6 nitrogen and oxygen atoms in total. The maximum Gasteiger partial charge on any atom is 0.249 e. The summed E-state index contributed by atoms with van der Waals surface area (Å²) in [5.74, 6) is 0.769. The molecular weight excluding hydrogens is 272 g/mol. The van der Waals surface area contributed by atoms with Gasteiger partial charge in [0.05, 0.1) is 0 Å². The third kappa shape index (κ3) is 2.32. The van der Waals surface area contributed by atoms with Gasteiger partial charge in [-0.25, -0.2) is 12.7 Å². The average molecular weight is 290 g/mol. The quantitative estimate of drug-likeness (QED) is 0.869. The zero-order valence-electron chi connectivity index (χ0n) is 10.7. The van der Waals surface area contributed by atoms with Crippen molar-refractivity contribution in [2.75, 3.05) is 25.1 Å². The minimum Gasteiger partial charge on any atom is -0.382 e. The molecule has 8 heteroatoms. The van der Waals surface area contributed by atoms with Gasteiger partial charge in [-0.2, -0.15) is 4.37 Å². The fourth-order valence-electron chi connectivity index (χ4n) is 2.02. The second kappa shape index (κ2) is 4.67. The molecular formula is C10H18N4O2S2. The highest BCUT2D eigenvalue weighted by atomic mass is 32.2. The normalized spacial score (nSPS) is 24.0. The van der Waals surface area contributed by atoms with Crippen molar-refractivity contribution in [2.24, 2.45) is 5.92 Å². The summed E-state index contributed by atoms with van der Waals surface area (Å²) in [7, 11) is -0.569. The molecule has 0 aromatic carbocycles. The van der Waals surface area contributed by atoms with E-state index in [2.05, 4.69) is 16.6 Å². The van der Waals surface area contributed by atoms with Crippen LogP contribution in [0.15, 0.2) is 4.90 Å². The first kappa shape index (κ1) is 13.6. The van der Waals surface area contributed by atoms with Crippen LogP contribution in [0, 0.1) is 5.92 Å². The van der Waals surface area contributed by atoms with Crippen LogP contribution >= 0.6 is 11.5 Å². The van der Waals surface area contributed by atoms with Crippen molar-refractivity contribution in [2.45, 2.75) is 30.7 Å². The fourth-order valence-corrected chi connectivity index (χ4v) is 4.17. The number of sulfonamides is 1. The number of rotatable bonds is 4. The Morgan fingerprint density at radius 2 is 2.06 bits per heavy atom. The molecule has 0 atom stereocenters. The molecule has 1 saturated carbocycles. The van der Waals surface area contributed by atoms with E-state index in [4.69, 9.17) is 5.73 Å². The molecule has 3 N–H and O–H groups in total. The van der Waals surface area contributed by atoms with Gasteiger partial charge in [0.25, 0.3) is 0 Å². The topological polar surface area (TPSA) is 88.3 Å². The lowest BCUT2D eigenvalue weighted by atomic mass is 9.82. The molecule has 0 amide bonds. The maximum absolute atomic E-state index is 12.2. The van der Waals surface area contributed by atoms with Crippen molar-refractivity contribution in [3.05, 3.63) is 0 Å². The molecule has 1 aromatic heterocycles. The van der Waals surface area contributed by atoms with Gasteiger partial charge in [-0.3, -0.25) is 0 Å². The molecule has 0 aliphatic heterocycles. The van der Waals surface area contributed by atoms with E-state index in [1.54, 1.807) is 0 Å². The van der Waals surface area contributed by atoms with E-state index in [0.29, 0.717) is 17.0 Å². The number of nitrogens with two attached hydrogens (primary N) is 1. The molecule has 1 aromatic rings. The fraction of sp³-hybridized carbons (Fsp3) is 0.700. The SMILES string of the molecule is CC1CC(Nc2snc(N)c2S(=O)(=O)N(C)C)C1. The van der Waals surface area contributed by atoms with Crippen LogP contribution < -0.4 is 11.1 Å². The number of hydrogen-bond acceptors (Lipinski definition) is 6. The number of nitrogen functional groups attached to an aromatic ring is 1. The summed E-state index contributed by atoms with van der Waals surface area (Å²) in [5.41, 5.74) is 5.68. The van der Waals surface area contributed by atoms with Crippen LogP contribution in [0.3, 0.4) is 0 Å². The van der Waals surface area contributed by atoms with Crippen molar-refractivity contribution in [1.29, 1.82) is 0 Å². The first-order valence-electron chi connectivity index (χ1n) is 5.76. The van der Waals surface area contributed by atoms with Crippen molar-refractivity contribution < 1.29 is 8.42 Å². The summed E-state index contributed by atoms with van der Waals surface area (Å²) < 4.78 is 29.4. The third-order valence-electron chi connectivity index (χ3n) is 3.12. The van der Waals surface area contributed by atoms with Crippen LogP contribution in [0.5, 0.6) is 0 Å². The van der Waals surface area contributed by atoms with E-state index in [0.717, 1.165) is 28.7 Å². The van der Waals surface area contributed by atoms with E-state index in [9.17, 15) is 8.42 Å². The first-order chi connectivity index (χ1) is 8.32. The number of nitrogens with one attached hydrogen (secondary N) is 1. The van der Waals surface area contributed by atoms with E-state index in [-0.39, 0.29) is 10.7 Å². The Kier molecular flexibility index (Phi) is 3.52. The van der Waals surface area contributed by atoms with Crippen molar-refractivity contribution in [3.63, 3.8) is 0 Å². The first-order valence-corrected chi connectivity index (χ1v) is 7.98. The largest absolute Gasteiger partial charge is 0.382 e. The highest BCUT2D eigenvalue weighted by molar-refractivity contribution is 7.89. The Hall–Kier alpha value is -0.860. The molecule has 0 spiro atoms. The molecule has 1 heterocycles. The van der Waals surface area contributed by atoms with Gasteiger partial charge in [0, 0.05) is 20.1 Å². The lowest BCUT2D eigenvalue weighted by molar-refractivity contribution is 0.309. The highest BCUT2D eigenvalue weighted by Crippen LogP contribution is 2.37. The van der Waals surface area contributed by atoms with Crippen molar-refractivity contribution >= 4 is 32.4 Å². The lowest BCUT2D eigenvalue weighted by Crippen LogP contribution is -2.34. The van der Waals surface area contributed by atoms with Crippen LogP contribution in [0.2, 0.25) is 0 Å². The summed E-state index contributed by atoms with van der Waals surface area (Å²) in [4.78, 5) is 0.108. The van der Waals surface area contributed by atoms with Gasteiger partial charge in [0.2, 0.25) is 10.0 Å². The molecule has 1 fully saturated rings. The van der Waals surface area contributed by atoms with E-state index < -0.39 is 10.0 Å². The number of nitrogens with zero attached hydrogens (tertiary/aromatic N) is 2. The van der Waals surface area contributed by atoms with E-state index >= 15 is 0 Å². The molecule has 1 aliphatic carbocycles. The predicted octanol–water partition coefficient (Wildman–Crippen LogP) is 1.19. The van der Waals surface area contributed by atoms with Crippen LogP contribution in [0.1, 0.15) is 19.8 Å². The van der Waals surface area contributed by atoms with Gasteiger partial charge >= 0.3 is 0 Å². The van der Waals surface area contributed by atoms with Gasteiger partial charge in [-0.05, 0) is 30.3 Å². The Labute approximate surface area is 111 Å². The molecule has 2 rings (SSSR count). The van der Waals surface area contributed by atoms with Crippen molar-refractivity contribution in [1.82, 2.24) is 8.68 Å². The zero-order valence-corrected chi connectivity index (χ0v) is 12.3. The summed E-state index contributed by atoms with van der Waals surface area (Å²) >= 11 is 1.11. The van der Waals surface area contributed by atoms with Crippen LogP contribution in [-0.2, 0) is 10.0 Å². The number of aromatic nitrogens is 1. The molecule has 0 bridgehead atoms. The standard InChI is InChI=1S/C10H18N4O2S2/c1-6-4-7(5-6)12-10-8(9(11)13-17-10)18(15,16)14(2)3/h6-7,12H,4-5H2,1-3H3,(H2,11,13). The highest BCUT2D eigenvalue weighted by Gasteiger charge is 2.31. The third-order valence-corrected chi connectivity index (χ3v) is 5.93. The Balaban J connectivity index is 2.28. The van der Waals surface area contributed by atoms with Gasteiger partial charge in [-0.15, -0.1) is 0 Å². The Morgan fingerprint density at radius 1 is 1.44 bits per heavy atom. The van der Waals surface area contributed by atoms with Gasteiger partial charge in [0.1, 0.15) is 5.00 Å². The zero-order chi connectivity index (χ0) is 13.5. The van der Waals surface area contributed by atoms with Crippen LogP contribution in [-0.4, -0.2) is 37.2 Å². The smallest absolute Gasteiger partial charge is 0.249 e. The Bertz CT molecular complexity index is 532. The second-order valence-corrected chi connectivity index (χ2v) is 7.79. The van der Waals surface area contributed by atoms with Gasteiger partial charge in [0.15, 0.2) is 10.7 Å². The van der Waals surface area contributed by atoms with Gasteiger partial charge in [-0.1, -0.05) is 6.92 Å². The van der Waals surface area contributed by atoms with E-state index in [1.165, 1.54) is 14.1 Å². The molecule has 0 unspecified atom stereocenters. The molecule has 1 aliphatic rings. The second-order valence-electron chi connectivity index (χ2n) is 4.93. The minimum atomic E-state index is -3.54. The Morgan fingerprint density at radius 3 is 2.56 bits per heavy atom. The van der Waals surface area contributed by atoms with Crippen LogP contribution in [0.25, 0.3) is 0 Å². The average Bonchev–Trinajstić information content (AvgIpc) is 2.57. The van der Waals surface area contributed by atoms with Crippen LogP contribution in [0.4, 0.5) is 10.8 Å². The summed E-state index contributed by atoms with van der Waals surface area (Å²) in [6.07, 6.45) is 2.11. The van der Waals surface area contributed by atoms with Gasteiger partial charge < -0.3 is 11.1 Å². The summed E-state index contributed by atoms with van der Waals surface area (Å²) in [6, 6.07) is 0.330. The summed E-state index contributed by atoms with van der Waals surface area (Å²) in [5, 5.41) is 3.78. The molecule has 0 saturated heterocycles. The number of hydrogen-bond donors (Lipinski definition) is 2. The van der Waals surface area contributed by atoms with Crippen molar-refractivity contribution in [3.8, 4) is 0 Å².